The number of hydrogen-bond donors (Lipinski definition) is 1. The number of ether oxygens (including phenoxy) is 1. The van der Waals surface area contributed by atoms with Crippen LogP contribution in [0.5, 0.6) is 5.75 Å². The lowest BCUT2D eigenvalue weighted by Crippen LogP contribution is -3.06. The number of carbonyl (C=O) groups is 1. The maximum absolute atomic E-state index is 13.2. The number of nitrogens with one attached hydrogen (secondary N) is 1. The van der Waals surface area contributed by atoms with Gasteiger partial charge in [0.05, 0.1) is 44.5 Å². The van der Waals surface area contributed by atoms with Crippen LogP contribution >= 0.6 is 11.3 Å². The summed E-state index contributed by atoms with van der Waals surface area (Å²) < 4.78 is 6.37. The van der Waals surface area contributed by atoms with E-state index >= 15 is 0 Å². The number of carbonyl (C=O) groups excluding carboxylic acids is 1. The fraction of sp³-hybridized carbons (Fsp3) is 0.579. The Bertz CT molecular complexity index is 723. The number of rotatable bonds is 6. The first-order valence-corrected chi connectivity index (χ1v) is 9.95. The molecule has 136 valence electrons. The van der Waals surface area contributed by atoms with Gasteiger partial charge in [-0.05, 0) is 31.0 Å². The Kier molecular flexibility index (Phi) is 5.91. The van der Waals surface area contributed by atoms with Crippen molar-refractivity contribution in [2.24, 2.45) is 5.92 Å². The number of amides is 1. The predicted octanol–water partition coefficient (Wildman–Crippen LogP) is 2.36. The van der Waals surface area contributed by atoms with Crippen LogP contribution in [-0.2, 0) is 4.79 Å². The normalized spacial score (nSPS) is 15.7. The van der Waals surface area contributed by atoms with Crippen molar-refractivity contribution in [3.63, 3.8) is 0 Å². The second-order valence-electron chi connectivity index (χ2n) is 7.11. The number of benzene rings is 1. The summed E-state index contributed by atoms with van der Waals surface area (Å²) in [7, 11) is 5.90. The van der Waals surface area contributed by atoms with E-state index in [1.54, 1.807) is 18.4 Å². The molecule has 6 heteroatoms. The first-order chi connectivity index (χ1) is 12.1. The summed E-state index contributed by atoms with van der Waals surface area (Å²) in [4.78, 5) is 21.2. The van der Waals surface area contributed by atoms with Gasteiger partial charge in [-0.15, -0.1) is 0 Å². The molecule has 25 heavy (non-hydrogen) atoms. The van der Waals surface area contributed by atoms with Crippen molar-refractivity contribution in [3.05, 3.63) is 18.2 Å². The van der Waals surface area contributed by atoms with E-state index in [4.69, 9.17) is 9.72 Å². The first kappa shape index (κ1) is 18.1. The molecule has 0 saturated heterocycles. The number of quaternary nitrogens is 1. The van der Waals surface area contributed by atoms with Gasteiger partial charge in [-0.25, -0.2) is 4.98 Å². The molecule has 1 heterocycles. The van der Waals surface area contributed by atoms with Crippen LogP contribution in [0.15, 0.2) is 18.2 Å². The van der Waals surface area contributed by atoms with Crippen LogP contribution in [0.4, 0.5) is 5.13 Å². The van der Waals surface area contributed by atoms with Crippen molar-refractivity contribution in [2.45, 2.75) is 32.1 Å². The van der Waals surface area contributed by atoms with Gasteiger partial charge in [0, 0.05) is 5.92 Å². The largest absolute Gasteiger partial charge is 0.497 e. The number of methoxy groups -OCH3 is 1. The molecule has 1 aliphatic rings. The van der Waals surface area contributed by atoms with Crippen molar-refractivity contribution in [2.75, 3.05) is 39.2 Å². The molecule has 1 saturated carbocycles. The molecule has 1 fully saturated rings. The van der Waals surface area contributed by atoms with Gasteiger partial charge in [0.2, 0.25) is 5.91 Å². The number of hydrogen-bond acceptors (Lipinski definition) is 4. The quantitative estimate of drug-likeness (QED) is 0.858. The van der Waals surface area contributed by atoms with Crippen LogP contribution in [0.2, 0.25) is 0 Å². The summed E-state index contributed by atoms with van der Waals surface area (Å²) in [5, 5.41) is 0.820. The molecule has 0 atom stereocenters. The third-order valence-corrected chi connectivity index (χ3v) is 5.91. The third-order valence-electron chi connectivity index (χ3n) is 4.87. The first-order valence-electron chi connectivity index (χ1n) is 9.13. The Morgan fingerprint density at radius 3 is 2.76 bits per heavy atom. The minimum atomic E-state index is 0.160. The predicted molar refractivity (Wildman–Crippen MR) is 103 cm³/mol. The Morgan fingerprint density at radius 2 is 2.08 bits per heavy atom. The number of anilines is 1. The number of aromatic nitrogens is 1. The fourth-order valence-corrected chi connectivity index (χ4v) is 4.37. The summed E-state index contributed by atoms with van der Waals surface area (Å²) >= 11 is 1.58. The number of thiazole rings is 1. The molecule has 2 aromatic rings. The number of fused-ring (bicyclic) bond motifs is 1. The van der Waals surface area contributed by atoms with Crippen LogP contribution in [0, 0.1) is 5.92 Å². The van der Waals surface area contributed by atoms with Crippen molar-refractivity contribution in [1.82, 2.24) is 4.98 Å². The van der Waals surface area contributed by atoms with Gasteiger partial charge in [0.15, 0.2) is 5.13 Å². The Morgan fingerprint density at radius 1 is 1.32 bits per heavy atom. The lowest BCUT2D eigenvalue weighted by molar-refractivity contribution is -0.856. The molecule has 0 unspecified atom stereocenters. The molecule has 0 spiro atoms. The molecular formula is C19H28N3O2S+. The average Bonchev–Trinajstić information content (AvgIpc) is 3.04. The van der Waals surface area contributed by atoms with Gasteiger partial charge in [0.25, 0.3) is 0 Å². The van der Waals surface area contributed by atoms with Crippen molar-refractivity contribution >= 4 is 32.6 Å². The highest BCUT2D eigenvalue weighted by molar-refractivity contribution is 7.22. The summed E-state index contributed by atoms with van der Waals surface area (Å²) in [5.74, 6) is 1.24. The second-order valence-corrected chi connectivity index (χ2v) is 8.12. The summed E-state index contributed by atoms with van der Waals surface area (Å²) in [6.45, 7) is 1.63. The van der Waals surface area contributed by atoms with Crippen molar-refractivity contribution in [3.8, 4) is 5.75 Å². The molecule has 1 N–H and O–H groups in total. The molecule has 1 amide bonds. The molecule has 0 aliphatic heterocycles. The van der Waals surface area contributed by atoms with Crippen LogP contribution in [0.3, 0.4) is 0 Å². The maximum atomic E-state index is 13.2. The topological polar surface area (TPSA) is 46.9 Å². The summed E-state index contributed by atoms with van der Waals surface area (Å²) in [6, 6.07) is 5.88. The van der Waals surface area contributed by atoms with Crippen LogP contribution in [0.1, 0.15) is 32.1 Å². The van der Waals surface area contributed by atoms with Crippen LogP contribution in [-0.4, -0.2) is 45.2 Å². The molecule has 3 rings (SSSR count). The fourth-order valence-electron chi connectivity index (χ4n) is 3.34. The SMILES string of the molecule is COc1ccc2nc(N(CC[NH+](C)C)C(=O)C3CCCCC3)sc2c1. The lowest BCUT2D eigenvalue weighted by atomic mass is 9.88. The minimum absolute atomic E-state index is 0.160. The standard InChI is InChI=1S/C19H27N3O2S/c1-21(2)11-12-22(18(23)14-7-5-4-6-8-14)19-20-16-10-9-15(24-3)13-17(16)25-19/h9-10,13-14H,4-8,11-12H2,1-3H3/p+1. The van der Waals surface area contributed by atoms with E-state index in [9.17, 15) is 4.79 Å². The van der Waals surface area contributed by atoms with E-state index in [0.29, 0.717) is 6.54 Å². The monoisotopic (exact) mass is 362 g/mol. The molecule has 1 aliphatic carbocycles. The molecule has 1 aromatic carbocycles. The lowest BCUT2D eigenvalue weighted by Gasteiger charge is -2.27. The molecule has 1 aromatic heterocycles. The Balaban J connectivity index is 1.88. The Hall–Kier alpha value is -1.66. The van der Waals surface area contributed by atoms with Gasteiger partial charge in [-0.1, -0.05) is 30.6 Å². The highest BCUT2D eigenvalue weighted by Crippen LogP contribution is 2.33. The van der Waals surface area contributed by atoms with Gasteiger partial charge in [-0.2, -0.15) is 0 Å². The van der Waals surface area contributed by atoms with E-state index in [1.807, 2.05) is 23.1 Å². The summed E-state index contributed by atoms with van der Waals surface area (Å²) in [6.07, 6.45) is 5.62. The zero-order chi connectivity index (χ0) is 17.8. The number of likely N-dealkylation sites (N-methyl/N-ethyl adjacent to an activating group) is 1. The van der Waals surface area contributed by atoms with E-state index in [2.05, 4.69) is 14.1 Å². The van der Waals surface area contributed by atoms with Crippen LogP contribution in [0.25, 0.3) is 10.2 Å². The number of nitrogens with zero attached hydrogens (tertiary/aromatic N) is 2. The highest BCUT2D eigenvalue weighted by atomic mass is 32.1. The van der Waals surface area contributed by atoms with Crippen molar-refractivity contribution in [1.29, 1.82) is 0 Å². The van der Waals surface area contributed by atoms with Gasteiger partial charge >= 0.3 is 0 Å². The minimum Gasteiger partial charge on any atom is -0.497 e. The average molecular weight is 363 g/mol. The van der Waals surface area contributed by atoms with E-state index < -0.39 is 0 Å². The van der Waals surface area contributed by atoms with Crippen molar-refractivity contribution < 1.29 is 14.4 Å². The molecule has 0 radical (unpaired) electrons. The van der Waals surface area contributed by atoms with E-state index in [0.717, 1.165) is 40.5 Å². The van der Waals surface area contributed by atoms with E-state index in [-0.39, 0.29) is 11.8 Å². The van der Waals surface area contributed by atoms with Gasteiger partial charge in [0.1, 0.15) is 5.75 Å². The maximum Gasteiger partial charge on any atom is 0.232 e. The van der Waals surface area contributed by atoms with Gasteiger partial charge in [-0.3, -0.25) is 9.69 Å². The van der Waals surface area contributed by atoms with Crippen LogP contribution < -0.4 is 14.5 Å². The molecule has 0 bridgehead atoms. The summed E-state index contributed by atoms with van der Waals surface area (Å²) in [5.41, 5.74) is 0.930. The third kappa shape index (κ3) is 4.30. The molecule has 5 nitrogen and oxygen atoms in total. The van der Waals surface area contributed by atoms with Gasteiger partial charge < -0.3 is 9.64 Å². The zero-order valence-electron chi connectivity index (χ0n) is 15.4. The Labute approximate surface area is 153 Å². The molecular weight excluding hydrogens is 334 g/mol. The second kappa shape index (κ2) is 8.15. The smallest absolute Gasteiger partial charge is 0.232 e. The zero-order valence-corrected chi connectivity index (χ0v) is 16.2. The highest BCUT2D eigenvalue weighted by Gasteiger charge is 2.29. The van der Waals surface area contributed by atoms with E-state index in [1.165, 1.54) is 24.2 Å².